The van der Waals surface area contributed by atoms with Crippen LogP contribution in [0.25, 0.3) is 89.1 Å². The van der Waals surface area contributed by atoms with Gasteiger partial charge in [0.2, 0.25) is 0 Å². The lowest BCUT2D eigenvalue weighted by Crippen LogP contribution is -2.00. The summed E-state index contributed by atoms with van der Waals surface area (Å²) >= 11 is 0. The van der Waals surface area contributed by atoms with Crippen LogP contribution >= 0.6 is 0 Å². The Morgan fingerprint density at radius 3 is 1.70 bits per heavy atom. The molecule has 0 aliphatic rings. The first-order valence-corrected chi connectivity index (χ1v) is 15.7. The second kappa shape index (κ2) is 11.2. The quantitative estimate of drug-likeness (QED) is 0.197. The SMILES string of the molecule is c1ccc(-c2nc(-c3ccc(-c4ccc5ccccc5c4)cc3)nc(-c3cccc4oc5c(-c6ccccc6)cccc5c34)n2)cc1. The van der Waals surface area contributed by atoms with Crippen molar-refractivity contribution in [2.75, 3.05) is 0 Å². The molecule has 47 heavy (non-hydrogen) atoms. The van der Waals surface area contributed by atoms with Crippen molar-refractivity contribution >= 4 is 32.7 Å². The molecule has 4 heteroatoms. The molecule has 0 atom stereocenters. The van der Waals surface area contributed by atoms with Gasteiger partial charge in [-0.25, -0.2) is 15.0 Å². The number of hydrogen-bond acceptors (Lipinski definition) is 4. The Balaban J connectivity index is 1.20. The lowest BCUT2D eigenvalue weighted by Gasteiger charge is -2.10. The number of benzene rings is 7. The minimum atomic E-state index is 0.603. The highest BCUT2D eigenvalue weighted by molar-refractivity contribution is 6.15. The number of fused-ring (bicyclic) bond motifs is 4. The van der Waals surface area contributed by atoms with E-state index in [2.05, 4.69) is 103 Å². The standard InChI is InChI=1S/C43H27N3O/c1-3-12-30(13-4-1)35-17-9-18-36-39-37(19-10-20-38(39)47-40(35)36)43-45-41(31-14-5-2-6-15-31)44-42(46-43)32-24-21-29(22-25-32)34-26-23-28-11-7-8-16-33(28)27-34/h1-27H. The summed E-state index contributed by atoms with van der Waals surface area (Å²) in [5.74, 6) is 1.85. The van der Waals surface area contributed by atoms with Crippen molar-refractivity contribution in [1.29, 1.82) is 0 Å². The van der Waals surface area contributed by atoms with Gasteiger partial charge in [-0.15, -0.1) is 0 Å². The first kappa shape index (κ1) is 27.0. The highest BCUT2D eigenvalue weighted by Crippen LogP contribution is 2.40. The fraction of sp³-hybridized carbons (Fsp3) is 0. The molecule has 0 aliphatic carbocycles. The summed E-state index contributed by atoms with van der Waals surface area (Å²) in [5, 5.41) is 4.47. The summed E-state index contributed by atoms with van der Waals surface area (Å²) in [7, 11) is 0. The molecule has 0 radical (unpaired) electrons. The van der Waals surface area contributed by atoms with Gasteiger partial charge in [-0.3, -0.25) is 0 Å². The van der Waals surface area contributed by atoms with Crippen LogP contribution in [-0.2, 0) is 0 Å². The zero-order valence-electron chi connectivity index (χ0n) is 25.3. The minimum Gasteiger partial charge on any atom is -0.455 e. The highest BCUT2D eigenvalue weighted by Gasteiger charge is 2.19. The zero-order chi connectivity index (χ0) is 31.2. The smallest absolute Gasteiger partial charge is 0.164 e. The Kier molecular flexibility index (Phi) is 6.43. The Bertz CT molecular complexity index is 2550. The monoisotopic (exact) mass is 601 g/mol. The fourth-order valence-electron chi connectivity index (χ4n) is 6.40. The second-order valence-corrected chi connectivity index (χ2v) is 11.6. The third-order valence-corrected chi connectivity index (χ3v) is 8.74. The lowest BCUT2D eigenvalue weighted by atomic mass is 10.00. The van der Waals surface area contributed by atoms with Crippen molar-refractivity contribution in [3.05, 3.63) is 164 Å². The van der Waals surface area contributed by atoms with E-state index in [9.17, 15) is 0 Å². The first-order chi connectivity index (χ1) is 23.3. The van der Waals surface area contributed by atoms with E-state index in [1.165, 1.54) is 16.3 Å². The number of hydrogen-bond donors (Lipinski definition) is 0. The van der Waals surface area contributed by atoms with Gasteiger partial charge in [0.15, 0.2) is 17.5 Å². The van der Waals surface area contributed by atoms with Crippen molar-refractivity contribution in [3.63, 3.8) is 0 Å². The average molecular weight is 602 g/mol. The highest BCUT2D eigenvalue weighted by atomic mass is 16.3. The molecule has 9 aromatic rings. The zero-order valence-corrected chi connectivity index (χ0v) is 25.3. The topological polar surface area (TPSA) is 51.8 Å². The van der Waals surface area contributed by atoms with Crippen molar-refractivity contribution in [2.45, 2.75) is 0 Å². The van der Waals surface area contributed by atoms with Gasteiger partial charge < -0.3 is 4.42 Å². The molecular formula is C43H27N3O. The molecule has 0 bridgehead atoms. The van der Waals surface area contributed by atoms with Gasteiger partial charge in [0.1, 0.15) is 11.2 Å². The summed E-state index contributed by atoms with van der Waals surface area (Å²) < 4.78 is 6.54. The summed E-state index contributed by atoms with van der Waals surface area (Å²) in [6.45, 7) is 0. The summed E-state index contributed by atoms with van der Waals surface area (Å²) in [6.07, 6.45) is 0. The van der Waals surface area contributed by atoms with Crippen LogP contribution in [0.15, 0.2) is 168 Å². The third kappa shape index (κ3) is 4.84. The average Bonchev–Trinajstić information content (AvgIpc) is 3.54. The van der Waals surface area contributed by atoms with Gasteiger partial charge in [-0.1, -0.05) is 152 Å². The normalized spacial score (nSPS) is 11.4. The number of furan rings is 1. The van der Waals surface area contributed by atoms with Gasteiger partial charge >= 0.3 is 0 Å². The minimum absolute atomic E-state index is 0.603. The number of aromatic nitrogens is 3. The van der Waals surface area contributed by atoms with Gasteiger partial charge in [0.25, 0.3) is 0 Å². The molecule has 0 saturated heterocycles. The molecule has 4 nitrogen and oxygen atoms in total. The van der Waals surface area contributed by atoms with Crippen LogP contribution in [0.4, 0.5) is 0 Å². The maximum Gasteiger partial charge on any atom is 0.164 e. The maximum atomic E-state index is 6.54. The number of para-hydroxylation sites is 1. The molecule has 0 spiro atoms. The van der Waals surface area contributed by atoms with E-state index in [1.54, 1.807) is 0 Å². The number of nitrogens with zero attached hydrogens (tertiary/aromatic N) is 3. The predicted molar refractivity (Wildman–Crippen MR) is 192 cm³/mol. The largest absolute Gasteiger partial charge is 0.455 e. The van der Waals surface area contributed by atoms with E-state index >= 15 is 0 Å². The lowest BCUT2D eigenvalue weighted by molar-refractivity contribution is 0.670. The van der Waals surface area contributed by atoms with Crippen molar-refractivity contribution in [3.8, 4) is 56.4 Å². The van der Waals surface area contributed by atoms with Crippen LogP contribution in [0, 0.1) is 0 Å². The van der Waals surface area contributed by atoms with Gasteiger partial charge in [-0.05, 0) is 39.6 Å². The molecule has 9 rings (SSSR count). The van der Waals surface area contributed by atoms with Gasteiger partial charge in [-0.2, -0.15) is 0 Å². The molecule has 2 heterocycles. The molecular weight excluding hydrogens is 574 g/mol. The molecule has 2 aromatic heterocycles. The molecule has 220 valence electrons. The van der Waals surface area contributed by atoms with E-state index in [0.717, 1.165) is 55.3 Å². The van der Waals surface area contributed by atoms with Crippen LogP contribution in [0.2, 0.25) is 0 Å². The van der Waals surface area contributed by atoms with E-state index in [1.807, 2.05) is 60.7 Å². The van der Waals surface area contributed by atoms with Crippen LogP contribution in [0.3, 0.4) is 0 Å². The van der Waals surface area contributed by atoms with Crippen molar-refractivity contribution in [2.24, 2.45) is 0 Å². The van der Waals surface area contributed by atoms with E-state index in [-0.39, 0.29) is 0 Å². The molecule has 0 aliphatic heterocycles. The van der Waals surface area contributed by atoms with Gasteiger partial charge in [0.05, 0.1) is 0 Å². The summed E-state index contributed by atoms with van der Waals surface area (Å²) in [4.78, 5) is 15.1. The summed E-state index contributed by atoms with van der Waals surface area (Å²) in [5.41, 5.74) is 8.88. The molecule has 0 fully saturated rings. The number of rotatable bonds is 5. The van der Waals surface area contributed by atoms with Gasteiger partial charge in [0, 0.05) is 33.0 Å². The van der Waals surface area contributed by atoms with E-state index in [0.29, 0.717) is 17.5 Å². The molecule has 0 saturated carbocycles. The van der Waals surface area contributed by atoms with Crippen molar-refractivity contribution in [1.82, 2.24) is 15.0 Å². The Morgan fingerprint density at radius 1 is 0.362 bits per heavy atom. The Morgan fingerprint density at radius 2 is 0.936 bits per heavy atom. The molecule has 0 N–H and O–H groups in total. The molecule has 7 aromatic carbocycles. The Labute approximate surface area is 271 Å². The second-order valence-electron chi connectivity index (χ2n) is 11.6. The van der Waals surface area contributed by atoms with Crippen LogP contribution < -0.4 is 0 Å². The maximum absolute atomic E-state index is 6.54. The first-order valence-electron chi connectivity index (χ1n) is 15.7. The molecule has 0 unspecified atom stereocenters. The van der Waals surface area contributed by atoms with E-state index < -0.39 is 0 Å². The van der Waals surface area contributed by atoms with Crippen LogP contribution in [0.1, 0.15) is 0 Å². The Hall–Kier alpha value is -6.39. The summed E-state index contributed by atoms with van der Waals surface area (Å²) in [6, 6.07) is 56.3. The molecule has 0 amide bonds. The van der Waals surface area contributed by atoms with E-state index in [4.69, 9.17) is 19.4 Å². The van der Waals surface area contributed by atoms with Crippen LogP contribution in [-0.4, -0.2) is 15.0 Å². The van der Waals surface area contributed by atoms with Crippen LogP contribution in [0.5, 0.6) is 0 Å². The van der Waals surface area contributed by atoms with Crippen molar-refractivity contribution < 1.29 is 4.42 Å². The third-order valence-electron chi connectivity index (χ3n) is 8.74. The predicted octanol–water partition coefficient (Wildman–Crippen LogP) is 11.3. The fourth-order valence-corrected chi connectivity index (χ4v) is 6.40.